The summed E-state index contributed by atoms with van der Waals surface area (Å²) in [4.78, 5) is 15.6. The normalized spacial score (nSPS) is 11.6. The Morgan fingerprint density at radius 3 is 2.70 bits per heavy atom. The fourth-order valence-corrected chi connectivity index (χ4v) is 1.74. The van der Waals surface area contributed by atoms with Gasteiger partial charge in [-0.1, -0.05) is 6.07 Å². The molecule has 7 heteroatoms. The van der Waals surface area contributed by atoms with Gasteiger partial charge in [-0.05, 0) is 23.8 Å². The lowest BCUT2D eigenvalue weighted by molar-refractivity contribution is -0.330. The summed E-state index contributed by atoms with van der Waals surface area (Å²) in [5.41, 5.74) is 1.02. The van der Waals surface area contributed by atoms with Crippen LogP contribution in [0.15, 0.2) is 30.5 Å². The number of benzene rings is 1. The molecule has 2 aromatic rings. The minimum atomic E-state index is -4.70. The van der Waals surface area contributed by atoms with E-state index in [1.54, 1.807) is 0 Å². The Morgan fingerprint density at radius 1 is 1.30 bits per heavy atom. The molecule has 0 atom stereocenters. The molecule has 1 aromatic carbocycles. The van der Waals surface area contributed by atoms with Gasteiger partial charge in [0.05, 0.1) is 24.8 Å². The molecule has 1 heterocycles. The van der Waals surface area contributed by atoms with Gasteiger partial charge in [-0.3, -0.25) is 9.72 Å². The molecule has 0 N–H and O–H groups in total. The zero-order valence-electron chi connectivity index (χ0n) is 10.4. The average molecular weight is 285 g/mol. The second-order valence-electron chi connectivity index (χ2n) is 3.94. The number of nitrogens with zero attached hydrogens (tertiary/aromatic N) is 1. The van der Waals surface area contributed by atoms with Gasteiger partial charge in [-0.2, -0.15) is 0 Å². The van der Waals surface area contributed by atoms with Gasteiger partial charge in [0.2, 0.25) is 0 Å². The van der Waals surface area contributed by atoms with Crippen molar-refractivity contribution >= 4 is 16.9 Å². The molecule has 0 saturated heterocycles. The highest BCUT2D eigenvalue weighted by atomic mass is 19.4. The number of rotatable bonds is 3. The predicted octanol–water partition coefficient (Wildman–Crippen LogP) is 3.06. The fourth-order valence-electron chi connectivity index (χ4n) is 1.74. The maximum atomic E-state index is 12.0. The number of pyridine rings is 1. The van der Waals surface area contributed by atoms with E-state index in [1.807, 2.05) is 0 Å². The van der Waals surface area contributed by atoms with E-state index in [-0.39, 0.29) is 11.1 Å². The monoisotopic (exact) mass is 285 g/mol. The summed E-state index contributed by atoms with van der Waals surface area (Å²) in [5.74, 6) is -0.578. The number of halogens is 3. The average Bonchev–Trinajstić information content (AvgIpc) is 2.42. The van der Waals surface area contributed by atoms with Crippen molar-refractivity contribution in [1.29, 1.82) is 0 Å². The van der Waals surface area contributed by atoms with Gasteiger partial charge in [0.25, 0.3) is 0 Å². The van der Waals surface area contributed by atoms with Crippen LogP contribution in [0.25, 0.3) is 10.9 Å². The third-order valence-electron chi connectivity index (χ3n) is 2.61. The molecule has 0 fully saturated rings. The van der Waals surface area contributed by atoms with E-state index in [0.29, 0.717) is 10.9 Å². The van der Waals surface area contributed by atoms with E-state index >= 15 is 0 Å². The van der Waals surface area contributed by atoms with Crippen molar-refractivity contribution in [2.24, 2.45) is 0 Å². The van der Waals surface area contributed by atoms with Gasteiger partial charge in [-0.15, -0.1) is 13.2 Å². The van der Waals surface area contributed by atoms with Gasteiger partial charge < -0.3 is 4.74 Å². The van der Waals surface area contributed by atoms with Crippen molar-refractivity contribution in [2.75, 3.05) is 7.11 Å². The Kier molecular flexibility index (Phi) is 3.89. The van der Waals surface area contributed by atoms with Crippen molar-refractivity contribution in [1.82, 2.24) is 4.98 Å². The Bertz CT molecular complexity index is 640. The van der Waals surface area contributed by atoms with E-state index in [2.05, 4.69) is 14.5 Å². The van der Waals surface area contributed by atoms with E-state index < -0.39 is 18.9 Å². The van der Waals surface area contributed by atoms with Gasteiger partial charge in [-0.25, -0.2) is 4.79 Å². The molecule has 4 nitrogen and oxygen atoms in total. The first-order chi connectivity index (χ1) is 9.40. The van der Waals surface area contributed by atoms with Crippen LogP contribution in [0, 0.1) is 0 Å². The van der Waals surface area contributed by atoms with Crippen LogP contribution < -0.4 is 0 Å². The lowest BCUT2D eigenvalue weighted by Gasteiger charge is -2.09. The van der Waals surface area contributed by atoms with E-state index in [9.17, 15) is 18.0 Å². The first-order valence-electron chi connectivity index (χ1n) is 5.57. The van der Waals surface area contributed by atoms with Crippen molar-refractivity contribution < 1.29 is 27.4 Å². The summed E-state index contributed by atoms with van der Waals surface area (Å²) in [6, 6.07) is 5.86. The number of methoxy groups -OCH3 is 1. The number of ether oxygens (including phenoxy) is 2. The standard InChI is InChI=1S/C13H10F3NO3/c1-19-12(18)9-4-5-17-11-3-2-8(6-10(9)11)7-20-13(14,15)16/h2-6H,7H2,1H3. The van der Waals surface area contributed by atoms with Crippen molar-refractivity contribution in [3.8, 4) is 0 Å². The molecule has 0 spiro atoms. The molecule has 1 aromatic heterocycles. The molecule has 0 unspecified atom stereocenters. The van der Waals surface area contributed by atoms with Crippen LogP contribution in [0.5, 0.6) is 0 Å². The number of hydrogen-bond donors (Lipinski definition) is 0. The van der Waals surface area contributed by atoms with Crippen molar-refractivity contribution in [3.63, 3.8) is 0 Å². The second-order valence-corrected chi connectivity index (χ2v) is 3.94. The number of carbonyl (C=O) groups excluding carboxylic acids is 1. The van der Waals surface area contributed by atoms with E-state index in [1.165, 1.54) is 37.6 Å². The smallest absolute Gasteiger partial charge is 0.465 e. The summed E-state index contributed by atoms with van der Waals surface area (Å²) in [6.45, 7) is -0.630. The molecular weight excluding hydrogens is 275 g/mol. The van der Waals surface area contributed by atoms with Crippen LogP contribution in [0.4, 0.5) is 13.2 Å². The molecule has 20 heavy (non-hydrogen) atoms. The highest BCUT2D eigenvalue weighted by Crippen LogP contribution is 2.22. The Hall–Kier alpha value is -2.15. The quantitative estimate of drug-likeness (QED) is 0.813. The summed E-state index contributed by atoms with van der Waals surface area (Å²) < 4.78 is 44.4. The molecule has 2 rings (SSSR count). The molecule has 0 aliphatic heterocycles. The second kappa shape index (κ2) is 5.46. The van der Waals surface area contributed by atoms with Gasteiger partial charge in [0, 0.05) is 11.6 Å². The minimum absolute atomic E-state index is 0.242. The SMILES string of the molecule is COC(=O)c1ccnc2ccc(COC(F)(F)F)cc12. The number of alkyl halides is 3. The molecule has 0 saturated carbocycles. The summed E-state index contributed by atoms with van der Waals surface area (Å²) in [6.07, 6.45) is -3.27. The van der Waals surface area contributed by atoms with Crippen LogP contribution in [0.2, 0.25) is 0 Å². The third-order valence-corrected chi connectivity index (χ3v) is 2.61. The summed E-state index contributed by atoms with van der Waals surface area (Å²) >= 11 is 0. The summed E-state index contributed by atoms with van der Waals surface area (Å²) in [5, 5.41) is 0.419. The van der Waals surface area contributed by atoms with Gasteiger partial charge >= 0.3 is 12.3 Å². The van der Waals surface area contributed by atoms with E-state index in [0.717, 1.165) is 0 Å². The third kappa shape index (κ3) is 3.24. The van der Waals surface area contributed by atoms with Crippen LogP contribution in [0.1, 0.15) is 15.9 Å². The summed E-state index contributed by atoms with van der Waals surface area (Å²) in [7, 11) is 1.23. The molecule has 0 aliphatic carbocycles. The van der Waals surface area contributed by atoms with Crippen molar-refractivity contribution in [2.45, 2.75) is 13.0 Å². The Labute approximate surface area is 112 Å². The zero-order chi connectivity index (χ0) is 14.8. The molecule has 0 radical (unpaired) electrons. The van der Waals surface area contributed by atoms with Crippen LogP contribution in [0.3, 0.4) is 0 Å². The number of esters is 1. The maximum absolute atomic E-state index is 12.0. The first kappa shape index (κ1) is 14.3. The number of aromatic nitrogens is 1. The predicted molar refractivity (Wildman–Crippen MR) is 63.9 cm³/mol. The minimum Gasteiger partial charge on any atom is -0.465 e. The van der Waals surface area contributed by atoms with Crippen LogP contribution in [-0.2, 0) is 16.1 Å². The largest absolute Gasteiger partial charge is 0.522 e. The number of hydrogen-bond acceptors (Lipinski definition) is 4. The molecule has 106 valence electrons. The molecule has 0 bridgehead atoms. The van der Waals surface area contributed by atoms with Gasteiger partial charge in [0.15, 0.2) is 0 Å². The van der Waals surface area contributed by atoms with Crippen LogP contribution >= 0.6 is 0 Å². The van der Waals surface area contributed by atoms with Gasteiger partial charge in [0.1, 0.15) is 0 Å². The fraction of sp³-hybridized carbons (Fsp3) is 0.231. The van der Waals surface area contributed by atoms with Crippen molar-refractivity contribution in [3.05, 3.63) is 41.6 Å². The molecular formula is C13H10F3NO3. The Morgan fingerprint density at radius 2 is 2.05 bits per heavy atom. The van der Waals surface area contributed by atoms with Crippen LogP contribution in [-0.4, -0.2) is 24.4 Å². The number of fused-ring (bicyclic) bond motifs is 1. The lowest BCUT2D eigenvalue weighted by atomic mass is 10.1. The lowest BCUT2D eigenvalue weighted by Crippen LogP contribution is -2.13. The maximum Gasteiger partial charge on any atom is 0.522 e. The topological polar surface area (TPSA) is 48.4 Å². The molecule has 0 aliphatic rings. The van der Waals surface area contributed by atoms with E-state index in [4.69, 9.17) is 0 Å². The molecule has 0 amide bonds. The Balaban J connectivity index is 2.39. The highest BCUT2D eigenvalue weighted by Gasteiger charge is 2.29. The number of carbonyl (C=O) groups is 1. The highest BCUT2D eigenvalue weighted by molar-refractivity contribution is 6.03. The zero-order valence-corrected chi connectivity index (χ0v) is 10.4. The first-order valence-corrected chi connectivity index (χ1v) is 5.57.